The Morgan fingerprint density at radius 3 is 2.57 bits per heavy atom. The third-order valence-electron chi connectivity index (χ3n) is 3.69. The third-order valence-corrected chi connectivity index (χ3v) is 4.96. The molecule has 0 spiro atoms. The number of nitrogens with zero attached hydrogens (tertiary/aromatic N) is 2. The van der Waals surface area contributed by atoms with Crippen molar-refractivity contribution in [2.24, 2.45) is 11.1 Å². The molecule has 0 bridgehead atoms. The first-order chi connectivity index (χ1) is 9.48. The van der Waals surface area contributed by atoms with Crippen LogP contribution in [-0.4, -0.2) is 23.7 Å². The van der Waals surface area contributed by atoms with Gasteiger partial charge in [0, 0.05) is 17.0 Å². The number of aromatic nitrogens is 1. The van der Waals surface area contributed by atoms with E-state index >= 15 is 0 Å². The Morgan fingerprint density at radius 1 is 1.43 bits per heavy atom. The summed E-state index contributed by atoms with van der Waals surface area (Å²) in [5.74, 6) is 0. The summed E-state index contributed by atoms with van der Waals surface area (Å²) in [7, 11) is 0. The first-order valence-electron chi connectivity index (χ1n) is 7.07. The topological polar surface area (TPSA) is 42.2 Å². The zero-order chi connectivity index (χ0) is 16.0. The van der Waals surface area contributed by atoms with Crippen molar-refractivity contribution < 1.29 is 13.2 Å². The minimum absolute atomic E-state index is 0.0461. The van der Waals surface area contributed by atoms with Crippen LogP contribution in [0.4, 0.5) is 18.3 Å². The van der Waals surface area contributed by atoms with Gasteiger partial charge in [-0.2, -0.15) is 13.2 Å². The van der Waals surface area contributed by atoms with Gasteiger partial charge in [0.1, 0.15) is 6.54 Å². The maximum atomic E-state index is 12.7. The zero-order valence-corrected chi connectivity index (χ0v) is 13.6. The fourth-order valence-corrected chi connectivity index (χ4v) is 3.98. The van der Waals surface area contributed by atoms with Crippen LogP contribution in [0.25, 0.3) is 0 Å². The molecule has 0 fully saturated rings. The van der Waals surface area contributed by atoms with Crippen molar-refractivity contribution >= 4 is 16.5 Å². The van der Waals surface area contributed by atoms with E-state index in [0.29, 0.717) is 5.13 Å². The largest absolute Gasteiger partial charge is 0.406 e. The number of hydrogen-bond acceptors (Lipinski definition) is 4. The van der Waals surface area contributed by atoms with Gasteiger partial charge in [-0.1, -0.05) is 25.2 Å². The van der Waals surface area contributed by atoms with Gasteiger partial charge in [-0.15, -0.1) is 0 Å². The third kappa shape index (κ3) is 3.88. The Balaban J connectivity index is 2.33. The molecule has 1 atom stereocenters. The van der Waals surface area contributed by atoms with Gasteiger partial charge in [0.2, 0.25) is 0 Å². The lowest BCUT2D eigenvalue weighted by molar-refractivity contribution is -0.120. The molecule has 0 aliphatic heterocycles. The van der Waals surface area contributed by atoms with Crippen molar-refractivity contribution in [3.8, 4) is 0 Å². The van der Waals surface area contributed by atoms with Crippen LogP contribution in [-0.2, 0) is 6.42 Å². The molecule has 7 heteroatoms. The average Bonchev–Trinajstić information content (AvgIpc) is 2.66. The summed E-state index contributed by atoms with van der Waals surface area (Å²) >= 11 is 1.31. The lowest BCUT2D eigenvalue weighted by Crippen LogP contribution is -2.39. The average molecular weight is 321 g/mol. The summed E-state index contributed by atoms with van der Waals surface area (Å²) in [6.45, 7) is 6.75. The van der Waals surface area contributed by atoms with Gasteiger partial charge in [0.25, 0.3) is 0 Å². The number of rotatable bonds is 3. The summed E-state index contributed by atoms with van der Waals surface area (Å²) in [5, 5.41) is 0.431. The number of nitrogens with two attached hydrogens (primary N) is 1. The molecule has 0 amide bonds. The maximum Gasteiger partial charge on any atom is 0.406 e. The minimum atomic E-state index is -4.24. The fraction of sp³-hybridized carbons (Fsp3) is 0.786. The highest BCUT2D eigenvalue weighted by atomic mass is 32.1. The number of thiazole rings is 1. The number of hydrogen-bond donors (Lipinski definition) is 1. The summed E-state index contributed by atoms with van der Waals surface area (Å²) in [5.41, 5.74) is 7.08. The molecule has 2 rings (SSSR count). The molecule has 0 saturated heterocycles. The SMILES string of the molecule is CC(C)N(CC(F)(F)F)c1nc2c(s1)C(N)CC(C)(C)C2. The Hall–Kier alpha value is -0.820. The predicted molar refractivity (Wildman–Crippen MR) is 79.7 cm³/mol. The van der Waals surface area contributed by atoms with Crippen molar-refractivity contribution in [1.82, 2.24) is 4.98 Å². The van der Waals surface area contributed by atoms with Crippen LogP contribution >= 0.6 is 11.3 Å². The smallest absolute Gasteiger partial charge is 0.337 e. The quantitative estimate of drug-likeness (QED) is 0.918. The number of alkyl halides is 3. The molecule has 1 aliphatic carbocycles. The van der Waals surface area contributed by atoms with E-state index in [9.17, 15) is 13.2 Å². The van der Waals surface area contributed by atoms with Crippen molar-refractivity contribution in [3.63, 3.8) is 0 Å². The van der Waals surface area contributed by atoms with Gasteiger partial charge in [-0.3, -0.25) is 0 Å². The highest BCUT2D eigenvalue weighted by Crippen LogP contribution is 2.44. The molecular formula is C14H22F3N3S. The molecule has 1 aliphatic rings. The second-order valence-corrected chi connectivity index (χ2v) is 7.80. The number of halogens is 3. The zero-order valence-electron chi connectivity index (χ0n) is 12.8. The van der Waals surface area contributed by atoms with Crippen molar-refractivity contribution in [2.75, 3.05) is 11.4 Å². The molecule has 1 heterocycles. The Bertz CT molecular complexity index is 508. The van der Waals surface area contributed by atoms with Crippen molar-refractivity contribution in [1.29, 1.82) is 0 Å². The molecule has 2 N–H and O–H groups in total. The van der Waals surface area contributed by atoms with Crippen LogP contribution in [0.2, 0.25) is 0 Å². The predicted octanol–water partition coefficient (Wildman–Crippen LogP) is 3.89. The lowest BCUT2D eigenvalue weighted by atomic mass is 9.77. The van der Waals surface area contributed by atoms with E-state index in [4.69, 9.17) is 5.73 Å². The van der Waals surface area contributed by atoms with E-state index in [0.717, 1.165) is 23.4 Å². The van der Waals surface area contributed by atoms with Gasteiger partial charge >= 0.3 is 6.18 Å². The standard InChI is InChI=1S/C14H22F3N3S/c1-8(2)20(7-14(15,16)17)12-19-10-6-13(3,4)5-9(18)11(10)21-12/h8-9H,5-7,18H2,1-4H3. The van der Waals surface area contributed by atoms with Crippen LogP contribution < -0.4 is 10.6 Å². The number of anilines is 1. The molecule has 0 saturated carbocycles. The second kappa shape index (κ2) is 5.43. The monoisotopic (exact) mass is 321 g/mol. The molecule has 1 aromatic heterocycles. The molecule has 1 aromatic rings. The molecule has 21 heavy (non-hydrogen) atoms. The highest BCUT2D eigenvalue weighted by Gasteiger charge is 2.37. The Kier molecular flexibility index (Phi) is 4.28. The van der Waals surface area contributed by atoms with Gasteiger partial charge in [-0.25, -0.2) is 4.98 Å². The van der Waals surface area contributed by atoms with E-state index in [-0.39, 0.29) is 17.5 Å². The van der Waals surface area contributed by atoms with Crippen LogP contribution in [0.15, 0.2) is 0 Å². The summed E-state index contributed by atoms with van der Waals surface area (Å²) < 4.78 is 38.2. The lowest BCUT2D eigenvalue weighted by Gasteiger charge is -2.32. The first-order valence-corrected chi connectivity index (χ1v) is 7.89. The van der Waals surface area contributed by atoms with Gasteiger partial charge in [0.05, 0.1) is 5.69 Å². The summed E-state index contributed by atoms with van der Waals surface area (Å²) in [6, 6.07) is -0.390. The van der Waals surface area contributed by atoms with E-state index in [1.165, 1.54) is 16.2 Å². The first kappa shape index (κ1) is 16.5. The highest BCUT2D eigenvalue weighted by molar-refractivity contribution is 7.15. The molecule has 0 aromatic carbocycles. The van der Waals surface area contributed by atoms with E-state index < -0.39 is 12.7 Å². The Morgan fingerprint density at radius 2 is 2.05 bits per heavy atom. The van der Waals surface area contributed by atoms with Gasteiger partial charge < -0.3 is 10.6 Å². The molecule has 0 radical (unpaired) electrons. The minimum Gasteiger partial charge on any atom is -0.337 e. The second-order valence-electron chi connectivity index (χ2n) is 6.80. The van der Waals surface area contributed by atoms with Gasteiger partial charge in [-0.05, 0) is 32.1 Å². The molecule has 3 nitrogen and oxygen atoms in total. The van der Waals surface area contributed by atoms with E-state index in [2.05, 4.69) is 18.8 Å². The van der Waals surface area contributed by atoms with E-state index in [1.54, 1.807) is 13.8 Å². The van der Waals surface area contributed by atoms with Crippen LogP contribution in [0.5, 0.6) is 0 Å². The molecular weight excluding hydrogens is 299 g/mol. The van der Waals surface area contributed by atoms with Crippen LogP contribution in [0.3, 0.4) is 0 Å². The Labute approximate surface area is 127 Å². The van der Waals surface area contributed by atoms with Crippen molar-refractivity contribution in [3.05, 3.63) is 10.6 Å². The fourth-order valence-electron chi connectivity index (χ4n) is 2.77. The van der Waals surface area contributed by atoms with Gasteiger partial charge in [0.15, 0.2) is 5.13 Å². The maximum absolute atomic E-state index is 12.7. The normalized spacial score (nSPS) is 21.5. The summed E-state index contributed by atoms with van der Waals surface area (Å²) in [4.78, 5) is 6.72. The summed E-state index contributed by atoms with van der Waals surface area (Å²) in [6.07, 6.45) is -2.63. The van der Waals surface area contributed by atoms with Crippen LogP contribution in [0.1, 0.15) is 50.7 Å². The number of fused-ring (bicyclic) bond motifs is 1. The molecule has 1 unspecified atom stereocenters. The van der Waals surface area contributed by atoms with Crippen LogP contribution in [0, 0.1) is 5.41 Å². The van der Waals surface area contributed by atoms with E-state index in [1.807, 2.05) is 0 Å². The molecule has 120 valence electrons. The van der Waals surface area contributed by atoms with Crippen molar-refractivity contribution in [2.45, 2.75) is 58.8 Å².